The minimum absolute atomic E-state index is 0.356. The fraction of sp³-hybridized carbons (Fsp3) is 0.400. The predicted octanol–water partition coefficient (Wildman–Crippen LogP) is 2.45. The fourth-order valence-electron chi connectivity index (χ4n) is 2.64. The molecule has 0 saturated heterocycles. The highest BCUT2D eigenvalue weighted by atomic mass is 16.5. The van der Waals surface area contributed by atoms with Gasteiger partial charge in [0.05, 0.1) is 19.4 Å². The van der Waals surface area contributed by atoms with Crippen LogP contribution in [0.1, 0.15) is 29.6 Å². The lowest BCUT2D eigenvalue weighted by molar-refractivity contribution is -0.150. The van der Waals surface area contributed by atoms with Crippen molar-refractivity contribution in [2.24, 2.45) is 0 Å². The maximum atomic E-state index is 12.0. The van der Waals surface area contributed by atoms with Crippen LogP contribution in [0.3, 0.4) is 0 Å². The number of aryl methyl sites for hydroxylation is 1. The Bertz CT molecular complexity index is 790. The number of carbonyl (C=O) groups excluding carboxylic acids is 2. The monoisotopic (exact) mass is 374 g/mol. The molecule has 0 spiro atoms. The van der Waals surface area contributed by atoms with Crippen LogP contribution >= 0.6 is 0 Å². The quantitative estimate of drug-likeness (QED) is 0.414. The van der Waals surface area contributed by atoms with Gasteiger partial charge in [-0.25, -0.2) is 4.79 Å². The van der Waals surface area contributed by atoms with Gasteiger partial charge in [0.25, 0.3) is 5.91 Å². The standard InChI is InChI=1S/C20H26N2O5/c1-14-12-17(15(2)22(14)13-18-6-5-10-26-18)7-8-19(23)27-16(3)20(24)21-9-11-25-4/h5-8,10,12,16H,9,11,13H2,1-4H3,(H,21,24)/b8-7+/t16-/m1/s1. The molecule has 0 saturated carbocycles. The molecule has 0 bridgehead atoms. The zero-order chi connectivity index (χ0) is 19.8. The Kier molecular flexibility index (Phi) is 7.43. The van der Waals surface area contributed by atoms with Gasteiger partial charge in [-0.1, -0.05) is 0 Å². The van der Waals surface area contributed by atoms with Crippen LogP contribution in [0.5, 0.6) is 0 Å². The molecule has 1 atom stereocenters. The second-order valence-corrected chi connectivity index (χ2v) is 6.19. The van der Waals surface area contributed by atoms with Crippen LogP contribution in [0.25, 0.3) is 6.08 Å². The molecule has 0 unspecified atom stereocenters. The molecule has 0 aliphatic carbocycles. The van der Waals surface area contributed by atoms with Gasteiger partial charge in [-0.3, -0.25) is 4.79 Å². The molecule has 2 aromatic heterocycles. The van der Waals surface area contributed by atoms with Gasteiger partial charge >= 0.3 is 5.97 Å². The van der Waals surface area contributed by atoms with Crippen molar-refractivity contribution in [1.82, 2.24) is 9.88 Å². The van der Waals surface area contributed by atoms with E-state index < -0.39 is 12.1 Å². The molecule has 7 nitrogen and oxygen atoms in total. The van der Waals surface area contributed by atoms with E-state index in [0.717, 1.165) is 22.7 Å². The van der Waals surface area contributed by atoms with E-state index in [2.05, 4.69) is 9.88 Å². The first-order chi connectivity index (χ1) is 12.9. The van der Waals surface area contributed by atoms with E-state index in [1.165, 1.54) is 13.0 Å². The maximum Gasteiger partial charge on any atom is 0.331 e. The number of nitrogens with one attached hydrogen (secondary N) is 1. The second-order valence-electron chi connectivity index (χ2n) is 6.19. The van der Waals surface area contributed by atoms with Crippen molar-refractivity contribution in [2.45, 2.75) is 33.4 Å². The van der Waals surface area contributed by atoms with Crippen molar-refractivity contribution in [3.8, 4) is 0 Å². The van der Waals surface area contributed by atoms with Crippen molar-refractivity contribution in [2.75, 3.05) is 20.3 Å². The minimum Gasteiger partial charge on any atom is -0.467 e. The van der Waals surface area contributed by atoms with Gasteiger partial charge in [0.2, 0.25) is 0 Å². The van der Waals surface area contributed by atoms with Crippen molar-refractivity contribution in [1.29, 1.82) is 0 Å². The first-order valence-electron chi connectivity index (χ1n) is 8.76. The molecule has 7 heteroatoms. The largest absolute Gasteiger partial charge is 0.467 e. The smallest absolute Gasteiger partial charge is 0.331 e. The first-order valence-corrected chi connectivity index (χ1v) is 8.76. The number of rotatable bonds is 9. The summed E-state index contributed by atoms with van der Waals surface area (Å²) in [5.74, 6) is -0.0642. The summed E-state index contributed by atoms with van der Waals surface area (Å²) >= 11 is 0. The minimum atomic E-state index is -0.870. The summed E-state index contributed by atoms with van der Waals surface area (Å²) in [6.07, 6.45) is 3.80. The average molecular weight is 374 g/mol. The lowest BCUT2D eigenvalue weighted by Gasteiger charge is -2.11. The van der Waals surface area contributed by atoms with Crippen LogP contribution in [0.15, 0.2) is 35.0 Å². The van der Waals surface area contributed by atoms with Crippen molar-refractivity contribution >= 4 is 18.0 Å². The third-order valence-corrected chi connectivity index (χ3v) is 4.17. The van der Waals surface area contributed by atoms with Gasteiger partial charge in [-0.2, -0.15) is 0 Å². The molecular weight excluding hydrogens is 348 g/mol. The number of aromatic nitrogens is 1. The average Bonchev–Trinajstić information content (AvgIpc) is 3.24. The molecule has 1 amide bonds. The number of furan rings is 1. The van der Waals surface area contributed by atoms with Crippen LogP contribution in [0, 0.1) is 13.8 Å². The number of esters is 1. The topological polar surface area (TPSA) is 82.7 Å². The zero-order valence-electron chi connectivity index (χ0n) is 16.2. The van der Waals surface area contributed by atoms with Gasteiger partial charge in [0.1, 0.15) is 5.76 Å². The molecule has 27 heavy (non-hydrogen) atoms. The van der Waals surface area contributed by atoms with Crippen molar-refractivity contribution in [3.05, 3.63) is 53.2 Å². The number of nitrogens with zero attached hydrogens (tertiary/aromatic N) is 1. The fourth-order valence-corrected chi connectivity index (χ4v) is 2.64. The lowest BCUT2D eigenvalue weighted by Crippen LogP contribution is -2.37. The SMILES string of the molecule is COCCNC(=O)[C@@H](C)OC(=O)/C=C/c1cc(C)n(Cc2ccco2)c1C. The van der Waals surface area contributed by atoms with E-state index in [-0.39, 0.29) is 5.91 Å². The van der Waals surface area contributed by atoms with Crippen LogP contribution in [-0.2, 0) is 25.6 Å². The molecule has 146 valence electrons. The number of hydrogen-bond donors (Lipinski definition) is 1. The van der Waals surface area contributed by atoms with Crippen LogP contribution in [0.2, 0.25) is 0 Å². The lowest BCUT2D eigenvalue weighted by atomic mass is 10.2. The molecule has 2 heterocycles. The number of carbonyl (C=O) groups is 2. The van der Waals surface area contributed by atoms with Gasteiger partial charge in [0, 0.05) is 31.1 Å². The Morgan fingerprint density at radius 2 is 2.15 bits per heavy atom. The molecule has 0 aromatic carbocycles. The highest BCUT2D eigenvalue weighted by molar-refractivity contribution is 5.90. The predicted molar refractivity (Wildman–Crippen MR) is 101 cm³/mol. The normalized spacial score (nSPS) is 12.3. The molecule has 2 aromatic rings. The summed E-state index contributed by atoms with van der Waals surface area (Å²) in [5.41, 5.74) is 2.98. The molecule has 0 aliphatic heterocycles. The summed E-state index contributed by atoms with van der Waals surface area (Å²) in [6.45, 7) is 6.91. The van der Waals surface area contributed by atoms with Gasteiger partial charge < -0.3 is 23.8 Å². The number of hydrogen-bond acceptors (Lipinski definition) is 5. The Balaban J connectivity index is 1.95. The van der Waals surface area contributed by atoms with E-state index in [1.807, 2.05) is 32.0 Å². The van der Waals surface area contributed by atoms with Crippen molar-refractivity contribution in [3.63, 3.8) is 0 Å². The molecule has 0 aliphatic rings. The van der Waals surface area contributed by atoms with Crippen LogP contribution in [-0.4, -0.2) is 42.8 Å². The molecular formula is C20H26N2O5. The third kappa shape index (κ3) is 5.86. The highest BCUT2D eigenvalue weighted by Gasteiger charge is 2.16. The Morgan fingerprint density at radius 3 is 2.81 bits per heavy atom. The maximum absolute atomic E-state index is 12.0. The Morgan fingerprint density at radius 1 is 1.37 bits per heavy atom. The van der Waals surface area contributed by atoms with Crippen LogP contribution in [0.4, 0.5) is 0 Å². The molecule has 1 N–H and O–H groups in total. The molecule has 0 radical (unpaired) electrons. The van der Waals surface area contributed by atoms with E-state index >= 15 is 0 Å². The van der Waals surface area contributed by atoms with E-state index in [9.17, 15) is 9.59 Å². The third-order valence-electron chi connectivity index (χ3n) is 4.17. The summed E-state index contributed by atoms with van der Waals surface area (Å²) < 4.78 is 17.5. The Hall–Kier alpha value is -2.80. The van der Waals surface area contributed by atoms with E-state index in [0.29, 0.717) is 19.7 Å². The number of methoxy groups -OCH3 is 1. The summed E-state index contributed by atoms with van der Waals surface area (Å²) in [5, 5.41) is 2.63. The Labute approximate surface area is 158 Å². The van der Waals surface area contributed by atoms with Gasteiger partial charge in [0.15, 0.2) is 6.10 Å². The summed E-state index contributed by atoms with van der Waals surface area (Å²) in [4.78, 5) is 23.8. The van der Waals surface area contributed by atoms with Gasteiger partial charge in [-0.05, 0) is 50.6 Å². The summed E-state index contributed by atoms with van der Waals surface area (Å²) in [7, 11) is 1.55. The molecule has 0 fully saturated rings. The van der Waals surface area contributed by atoms with Crippen molar-refractivity contribution < 1.29 is 23.5 Å². The second kappa shape index (κ2) is 9.78. The highest BCUT2D eigenvalue weighted by Crippen LogP contribution is 2.18. The number of amides is 1. The van der Waals surface area contributed by atoms with Gasteiger partial charge in [-0.15, -0.1) is 0 Å². The van der Waals surface area contributed by atoms with Crippen LogP contribution < -0.4 is 5.32 Å². The first kappa shape index (κ1) is 20.5. The van der Waals surface area contributed by atoms with E-state index in [1.54, 1.807) is 19.4 Å². The van der Waals surface area contributed by atoms with E-state index in [4.69, 9.17) is 13.9 Å². The molecule has 2 rings (SSSR count). The number of ether oxygens (including phenoxy) is 2. The zero-order valence-corrected chi connectivity index (χ0v) is 16.2. The summed E-state index contributed by atoms with van der Waals surface area (Å²) in [6, 6.07) is 5.76.